The van der Waals surface area contributed by atoms with E-state index >= 15 is 0 Å². The smallest absolute Gasteiger partial charge is 0.165 e. The summed E-state index contributed by atoms with van der Waals surface area (Å²) in [7, 11) is 0. The molecule has 0 aliphatic heterocycles. The van der Waals surface area contributed by atoms with E-state index in [-0.39, 0.29) is 34.2 Å². The van der Waals surface area contributed by atoms with Gasteiger partial charge in [-0.2, -0.15) is 0 Å². The Morgan fingerprint density at radius 3 is 0.969 bits per heavy atom. The van der Waals surface area contributed by atoms with Crippen molar-refractivity contribution >= 4 is 78.6 Å². The molecule has 0 saturated carbocycles. The Balaban J connectivity index is 1.40. The summed E-state index contributed by atoms with van der Waals surface area (Å²) < 4.78 is 0. The van der Waals surface area contributed by atoms with Gasteiger partial charge in [0.05, 0.1) is 11.1 Å². The predicted molar refractivity (Wildman–Crippen MR) is 267 cm³/mol. The van der Waals surface area contributed by atoms with Crippen molar-refractivity contribution in [1.82, 2.24) is 0 Å². The quantitative estimate of drug-likeness (QED) is 0.0586. The Morgan fingerprint density at radius 1 is 0.438 bits per heavy atom. The molecule has 6 heteroatoms. The van der Waals surface area contributed by atoms with Gasteiger partial charge in [0.15, 0.2) is 11.6 Å². The number of carbonyl (C=O) groups is 2. The van der Waals surface area contributed by atoms with Gasteiger partial charge in [0.25, 0.3) is 0 Å². The van der Waals surface area contributed by atoms with Crippen LogP contribution in [0.15, 0.2) is 155 Å². The lowest BCUT2D eigenvalue weighted by atomic mass is 9.84. The summed E-state index contributed by atoms with van der Waals surface area (Å²) in [5, 5.41) is 31.7. The van der Waals surface area contributed by atoms with Crippen LogP contribution in [0.2, 0.25) is 0 Å². The minimum Gasteiger partial charge on any atom is -0.506 e. The van der Waals surface area contributed by atoms with Crippen molar-refractivity contribution in [3.05, 3.63) is 200 Å². The van der Waals surface area contributed by atoms with Crippen molar-refractivity contribution in [2.45, 2.75) is 67.5 Å². The lowest BCUT2D eigenvalue weighted by Gasteiger charge is -2.28. The minimum absolute atomic E-state index is 0.0544. The van der Waals surface area contributed by atoms with Crippen LogP contribution in [0.3, 0.4) is 0 Å². The number of hydrogen-bond donors (Lipinski definition) is 2. The molecule has 0 aliphatic rings. The second-order valence-corrected chi connectivity index (χ2v) is 17.1. The number of aliphatic imine (C=N–C) groups is 2. The fourth-order valence-corrected chi connectivity index (χ4v) is 9.70. The first kappa shape index (κ1) is 43.2. The topological polar surface area (TPSA) is 99.3 Å². The van der Waals surface area contributed by atoms with E-state index in [4.69, 9.17) is 9.98 Å². The van der Waals surface area contributed by atoms with Crippen molar-refractivity contribution in [2.24, 2.45) is 9.98 Å². The van der Waals surface area contributed by atoms with E-state index in [1.807, 2.05) is 125 Å². The molecule has 0 aromatic heterocycles. The van der Waals surface area contributed by atoms with Crippen molar-refractivity contribution in [2.75, 3.05) is 0 Å². The molecule has 0 spiro atoms. The Labute approximate surface area is 374 Å². The Kier molecular flexibility index (Phi) is 12.0. The Bertz CT molecular complexity index is 2950. The third kappa shape index (κ3) is 8.15. The number of fused-ring (bicyclic) bond motifs is 4. The number of nitrogens with zero attached hydrogens (tertiary/aromatic N) is 2. The monoisotopic (exact) mass is 840 g/mol. The van der Waals surface area contributed by atoms with Crippen LogP contribution in [0.25, 0.3) is 54.6 Å². The van der Waals surface area contributed by atoms with Crippen LogP contribution in [0, 0.1) is 41.5 Å². The zero-order chi connectivity index (χ0) is 45.4. The molecule has 8 aromatic carbocycles. The lowest BCUT2D eigenvalue weighted by Crippen LogP contribution is -2.16. The molecule has 8 aromatic rings. The summed E-state index contributed by atoms with van der Waals surface area (Å²) in [5.74, 6) is -1.05. The highest BCUT2D eigenvalue weighted by atomic mass is 16.3. The van der Waals surface area contributed by atoms with Gasteiger partial charge < -0.3 is 10.2 Å². The number of aryl methyl sites for hydroxylation is 6. The average Bonchev–Trinajstić information content (AvgIpc) is 3.25. The van der Waals surface area contributed by atoms with Crippen LogP contribution in [0.4, 0.5) is 0 Å². The average molecular weight is 841 g/mol. The van der Waals surface area contributed by atoms with Crippen LogP contribution < -0.4 is 0 Å². The van der Waals surface area contributed by atoms with Gasteiger partial charge in [-0.15, -0.1) is 0 Å². The highest BCUT2D eigenvalue weighted by Gasteiger charge is 2.30. The van der Waals surface area contributed by atoms with Gasteiger partial charge in [-0.3, -0.25) is 19.6 Å². The van der Waals surface area contributed by atoms with Crippen molar-refractivity contribution in [3.63, 3.8) is 0 Å². The van der Waals surface area contributed by atoms with E-state index in [2.05, 4.69) is 50.2 Å². The van der Waals surface area contributed by atoms with Gasteiger partial charge >= 0.3 is 0 Å². The third-order valence-electron chi connectivity index (χ3n) is 12.4. The summed E-state index contributed by atoms with van der Waals surface area (Å²) in [6, 6.07) is 42.4. The van der Waals surface area contributed by atoms with E-state index in [9.17, 15) is 19.8 Å². The molecule has 64 heavy (non-hydrogen) atoms. The molecule has 0 radical (unpaired) electrons. The number of hydrogen-bond acceptors (Lipinski definition) is 6. The molecule has 6 nitrogen and oxygen atoms in total. The van der Waals surface area contributed by atoms with E-state index in [0.717, 1.165) is 87.6 Å². The fourth-order valence-electron chi connectivity index (χ4n) is 9.70. The molecular formula is C58H52N2O4. The fraction of sp³-hybridized carbons (Fsp3) is 0.172. The Morgan fingerprint density at radius 2 is 0.703 bits per heavy atom. The summed E-state index contributed by atoms with van der Waals surface area (Å²) >= 11 is 0. The first-order valence-corrected chi connectivity index (χ1v) is 21.6. The normalized spacial score (nSPS) is 13.8. The Hall–Kier alpha value is -7.44. The number of aliphatic hydroxyl groups is 2. The molecule has 0 aliphatic carbocycles. The molecule has 0 heterocycles. The van der Waals surface area contributed by atoms with E-state index in [1.54, 1.807) is 0 Å². The predicted octanol–water partition coefficient (Wildman–Crippen LogP) is 14.2. The summed E-state index contributed by atoms with van der Waals surface area (Å²) in [6.45, 7) is 15.2. The van der Waals surface area contributed by atoms with Crippen LogP contribution >= 0.6 is 0 Å². The van der Waals surface area contributed by atoms with Gasteiger partial charge in [0.1, 0.15) is 23.6 Å². The zero-order valence-corrected chi connectivity index (χ0v) is 37.6. The van der Waals surface area contributed by atoms with Crippen LogP contribution in [0.5, 0.6) is 0 Å². The number of aliphatic hydroxyl groups excluding tert-OH is 2. The zero-order valence-electron chi connectivity index (χ0n) is 37.6. The standard InChI is InChI=1S/C58H52N2O4/c1-33-25-35(3)51(36(4)26-33)55(59-31-49(39(7)61)57(63)53-45-21-13-9-17-41(45)29-42-18-10-14-22-46(42)53)56(52-37(5)27-34(2)28-38(52)6)60-32-50(40(8)62)58(64)54-47-23-15-11-19-43(47)30-44-20-12-16-24-48(44)54/h9-32,55-56,63-64H,1-8H3/b57-49-,58-50+,59-31?,60-32?/t55-,56+/m1/s1. The lowest BCUT2D eigenvalue weighted by molar-refractivity contribution is -0.114. The highest BCUT2D eigenvalue weighted by molar-refractivity contribution is 6.22. The largest absolute Gasteiger partial charge is 0.506 e. The summed E-state index contributed by atoms with van der Waals surface area (Å²) in [4.78, 5) is 38.3. The SMILES string of the molecule is CC(=O)/C(C=N[C@H](c1c(C)cc(C)cc1C)[C@@H](N=C/C(C(C)=O)=C(\O)c1c2ccccc2cc2ccccc12)c1c(C)cc(C)cc1C)=C(\O)c1c2ccccc2cc2ccccc12. The van der Waals surface area contributed by atoms with Crippen molar-refractivity contribution in [3.8, 4) is 0 Å². The number of Topliss-reactive ketones (excluding diaryl/α,β-unsaturated/α-hetero) is 2. The van der Waals surface area contributed by atoms with E-state index in [1.165, 1.54) is 26.3 Å². The minimum atomic E-state index is -0.753. The maximum absolute atomic E-state index is 13.8. The van der Waals surface area contributed by atoms with Gasteiger partial charge in [-0.25, -0.2) is 0 Å². The van der Waals surface area contributed by atoms with Crippen LogP contribution in [0.1, 0.15) is 81.6 Å². The summed E-state index contributed by atoms with van der Waals surface area (Å²) in [6.07, 6.45) is 3.00. The van der Waals surface area contributed by atoms with Crippen molar-refractivity contribution in [1.29, 1.82) is 0 Å². The molecule has 2 N–H and O–H groups in total. The third-order valence-corrected chi connectivity index (χ3v) is 12.4. The molecule has 2 atom stereocenters. The maximum atomic E-state index is 13.8. The van der Waals surface area contributed by atoms with Gasteiger partial charge in [-0.1, -0.05) is 132 Å². The molecule has 8 rings (SSSR count). The van der Waals surface area contributed by atoms with Gasteiger partial charge in [-0.05, 0) is 144 Å². The molecule has 318 valence electrons. The van der Waals surface area contributed by atoms with Crippen LogP contribution in [-0.4, -0.2) is 34.2 Å². The number of allylic oxidation sites excluding steroid dienone is 2. The number of benzene rings is 8. The molecule has 0 saturated heterocycles. The first-order valence-electron chi connectivity index (χ1n) is 21.6. The second kappa shape index (κ2) is 17.7. The van der Waals surface area contributed by atoms with Gasteiger partial charge in [0, 0.05) is 23.6 Å². The van der Waals surface area contributed by atoms with E-state index < -0.39 is 12.1 Å². The number of ketones is 2. The second-order valence-electron chi connectivity index (χ2n) is 17.1. The number of carbonyl (C=O) groups excluding carboxylic acids is 2. The molecular weight excluding hydrogens is 789 g/mol. The number of rotatable bonds is 11. The highest BCUT2D eigenvalue weighted by Crippen LogP contribution is 2.43. The van der Waals surface area contributed by atoms with Crippen LogP contribution in [-0.2, 0) is 9.59 Å². The van der Waals surface area contributed by atoms with E-state index in [0.29, 0.717) is 11.1 Å². The van der Waals surface area contributed by atoms with Gasteiger partial charge in [0.2, 0.25) is 0 Å². The summed E-state index contributed by atoms with van der Waals surface area (Å²) in [5.41, 5.74) is 9.11. The first-order chi connectivity index (χ1) is 30.7. The molecule has 0 fully saturated rings. The molecule has 0 unspecified atom stereocenters. The molecule has 0 amide bonds. The molecule has 0 bridgehead atoms. The van der Waals surface area contributed by atoms with Crippen molar-refractivity contribution < 1.29 is 19.8 Å². The maximum Gasteiger partial charge on any atom is 0.165 e.